The number of hydrogen-bond acceptors (Lipinski definition) is 5. The first kappa shape index (κ1) is 19.5. The Labute approximate surface area is 167 Å². The van der Waals surface area contributed by atoms with Gasteiger partial charge in [0.1, 0.15) is 17.3 Å². The van der Waals surface area contributed by atoms with Crippen molar-refractivity contribution in [3.63, 3.8) is 0 Å². The second kappa shape index (κ2) is 7.21. The smallest absolute Gasteiger partial charge is 0.387 e. The summed E-state index contributed by atoms with van der Waals surface area (Å²) in [6.45, 7) is -1.42. The number of nitrogens with zero attached hydrogens (tertiary/aromatic N) is 3. The fourth-order valence-corrected chi connectivity index (χ4v) is 3.31. The number of ether oxygens (including phenoxy) is 1. The second-order valence-electron chi connectivity index (χ2n) is 6.50. The van der Waals surface area contributed by atoms with Crippen LogP contribution in [0.2, 0.25) is 0 Å². The SMILES string of the molecule is Cc1nc2ccc(F)cn2c1-c1cc(N)c(-c2ccc(OC(F)F)c(F)c2)c(N)n1. The number of nitrogen functional groups attached to an aromatic ring is 2. The molecule has 0 unspecified atom stereocenters. The van der Waals surface area contributed by atoms with Gasteiger partial charge in [-0.25, -0.2) is 18.7 Å². The van der Waals surface area contributed by atoms with Crippen LogP contribution in [0.5, 0.6) is 5.75 Å². The number of halogens is 4. The van der Waals surface area contributed by atoms with E-state index in [1.54, 1.807) is 6.92 Å². The van der Waals surface area contributed by atoms with Crippen LogP contribution in [0.1, 0.15) is 5.69 Å². The van der Waals surface area contributed by atoms with Gasteiger partial charge < -0.3 is 16.2 Å². The number of rotatable bonds is 4. The summed E-state index contributed by atoms with van der Waals surface area (Å²) in [6.07, 6.45) is 1.27. The zero-order valence-electron chi connectivity index (χ0n) is 15.5. The standard InChI is InChI=1S/C20H15F4N5O/c1-9-18(29-8-11(21)3-5-16(29)27-9)14-7-13(25)17(19(26)28-14)10-2-4-15(12(22)6-10)30-20(23)24/h2-8,20H,1H3,(H4,25,26,28). The first-order valence-corrected chi connectivity index (χ1v) is 8.70. The summed E-state index contributed by atoms with van der Waals surface area (Å²) >= 11 is 0. The minimum absolute atomic E-state index is 0.0160. The molecule has 6 nitrogen and oxygen atoms in total. The Morgan fingerprint density at radius 3 is 2.47 bits per heavy atom. The molecule has 0 radical (unpaired) electrons. The fourth-order valence-electron chi connectivity index (χ4n) is 3.31. The lowest BCUT2D eigenvalue weighted by Crippen LogP contribution is -2.05. The predicted molar refractivity (Wildman–Crippen MR) is 104 cm³/mol. The van der Waals surface area contributed by atoms with Gasteiger partial charge in [0.2, 0.25) is 0 Å². The van der Waals surface area contributed by atoms with Crippen LogP contribution in [0.25, 0.3) is 28.2 Å². The maximum atomic E-state index is 14.1. The minimum Gasteiger partial charge on any atom is -0.432 e. The lowest BCUT2D eigenvalue weighted by atomic mass is 10.0. The van der Waals surface area contributed by atoms with E-state index in [2.05, 4.69) is 14.7 Å². The monoisotopic (exact) mass is 417 g/mol. The van der Waals surface area contributed by atoms with E-state index in [1.165, 1.54) is 34.9 Å². The van der Waals surface area contributed by atoms with Gasteiger partial charge in [-0.1, -0.05) is 6.07 Å². The number of alkyl halides is 2. The molecule has 1 aromatic carbocycles. The summed E-state index contributed by atoms with van der Waals surface area (Å²) in [5, 5.41) is 0. The van der Waals surface area contributed by atoms with Crippen molar-refractivity contribution in [1.29, 1.82) is 0 Å². The predicted octanol–water partition coefficient (Wildman–Crippen LogP) is 4.42. The summed E-state index contributed by atoms with van der Waals surface area (Å²) in [4.78, 5) is 8.70. The minimum atomic E-state index is -3.15. The zero-order valence-corrected chi connectivity index (χ0v) is 15.5. The molecule has 10 heteroatoms. The zero-order chi connectivity index (χ0) is 21.6. The van der Waals surface area contributed by atoms with Crippen molar-refractivity contribution in [1.82, 2.24) is 14.4 Å². The number of aromatic nitrogens is 3. The highest BCUT2D eigenvalue weighted by Crippen LogP contribution is 2.36. The van der Waals surface area contributed by atoms with Crippen molar-refractivity contribution in [2.24, 2.45) is 0 Å². The van der Waals surface area contributed by atoms with E-state index < -0.39 is 24.0 Å². The van der Waals surface area contributed by atoms with E-state index in [0.717, 1.165) is 12.1 Å². The van der Waals surface area contributed by atoms with Crippen LogP contribution in [0.3, 0.4) is 0 Å². The molecular weight excluding hydrogens is 402 g/mol. The van der Waals surface area contributed by atoms with E-state index in [1.807, 2.05) is 0 Å². The molecule has 0 aliphatic carbocycles. The van der Waals surface area contributed by atoms with E-state index in [9.17, 15) is 17.6 Å². The Morgan fingerprint density at radius 1 is 1.03 bits per heavy atom. The molecule has 0 saturated carbocycles. The van der Waals surface area contributed by atoms with Gasteiger partial charge in [-0.2, -0.15) is 8.78 Å². The van der Waals surface area contributed by atoms with Crippen LogP contribution >= 0.6 is 0 Å². The molecule has 0 aliphatic heterocycles. The fraction of sp³-hybridized carbons (Fsp3) is 0.100. The molecule has 4 N–H and O–H groups in total. The van der Waals surface area contributed by atoms with Gasteiger partial charge in [-0.3, -0.25) is 4.40 Å². The third-order valence-electron chi connectivity index (χ3n) is 4.51. The Morgan fingerprint density at radius 2 is 1.80 bits per heavy atom. The molecule has 0 bridgehead atoms. The van der Waals surface area contributed by atoms with Crippen molar-refractivity contribution in [3.8, 4) is 28.3 Å². The molecule has 0 aliphatic rings. The Bertz CT molecular complexity index is 1250. The van der Waals surface area contributed by atoms with Crippen LogP contribution in [0.4, 0.5) is 29.1 Å². The number of fused-ring (bicyclic) bond motifs is 1. The molecule has 154 valence electrons. The first-order chi connectivity index (χ1) is 14.2. The van der Waals surface area contributed by atoms with Crippen LogP contribution in [-0.4, -0.2) is 21.0 Å². The molecule has 0 spiro atoms. The Balaban J connectivity index is 1.82. The van der Waals surface area contributed by atoms with Crippen LogP contribution in [-0.2, 0) is 0 Å². The first-order valence-electron chi connectivity index (χ1n) is 8.70. The highest BCUT2D eigenvalue weighted by Gasteiger charge is 2.19. The lowest BCUT2D eigenvalue weighted by Gasteiger charge is -2.13. The van der Waals surface area contributed by atoms with Crippen molar-refractivity contribution in [3.05, 3.63) is 59.9 Å². The highest BCUT2D eigenvalue weighted by atomic mass is 19.3. The second-order valence-corrected chi connectivity index (χ2v) is 6.50. The molecule has 30 heavy (non-hydrogen) atoms. The van der Waals surface area contributed by atoms with Gasteiger partial charge in [0.05, 0.1) is 17.1 Å². The van der Waals surface area contributed by atoms with Crippen molar-refractivity contribution in [2.75, 3.05) is 11.5 Å². The average molecular weight is 417 g/mol. The average Bonchev–Trinajstić information content (AvgIpc) is 2.98. The summed E-state index contributed by atoms with van der Waals surface area (Å²) in [5.74, 6) is -2.07. The van der Waals surface area contributed by atoms with Crippen LogP contribution < -0.4 is 16.2 Å². The van der Waals surface area contributed by atoms with Crippen molar-refractivity contribution >= 4 is 17.2 Å². The summed E-state index contributed by atoms with van der Waals surface area (Å²) in [6, 6.07) is 7.71. The van der Waals surface area contributed by atoms with E-state index in [-0.39, 0.29) is 22.6 Å². The Hall–Kier alpha value is -3.82. The normalized spacial score (nSPS) is 11.4. The number of imidazole rings is 1. The number of benzene rings is 1. The molecule has 0 fully saturated rings. The molecule has 0 saturated heterocycles. The summed E-state index contributed by atoms with van der Waals surface area (Å²) in [5.41, 5.74) is 14.8. The third-order valence-corrected chi connectivity index (χ3v) is 4.51. The molecule has 4 aromatic rings. The molecular formula is C20H15F4N5O. The van der Waals surface area contributed by atoms with Gasteiger partial charge >= 0.3 is 6.61 Å². The molecule has 0 atom stereocenters. The van der Waals surface area contributed by atoms with Crippen molar-refractivity contribution < 1.29 is 22.3 Å². The number of nitrogens with two attached hydrogens (primary N) is 2. The highest BCUT2D eigenvalue weighted by molar-refractivity contribution is 5.87. The number of hydrogen-bond donors (Lipinski definition) is 2. The van der Waals surface area contributed by atoms with Gasteiger partial charge in [-0.05, 0) is 42.8 Å². The van der Waals surface area contributed by atoms with Gasteiger partial charge in [0.25, 0.3) is 0 Å². The van der Waals surface area contributed by atoms with Crippen LogP contribution in [0.15, 0.2) is 42.6 Å². The van der Waals surface area contributed by atoms with E-state index in [4.69, 9.17) is 11.5 Å². The summed E-state index contributed by atoms with van der Waals surface area (Å²) < 4.78 is 58.1. The number of aryl methyl sites for hydroxylation is 1. The topological polar surface area (TPSA) is 91.5 Å². The third kappa shape index (κ3) is 3.36. The number of anilines is 2. The van der Waals surface area contributed by atoms with Gasteiger partial charge in [-0.15, -0.1) is 0 Å². The van der Waals surface area contributed by atoms with Gasteiger partial charge in [0, 0.05) is 17.4 Å². The lowest BCUT2D eigenvalue weighted by molar-refractivity contribution is -0.0521. The largest absolute Gasteiger partial charge is 0.432 e. The molecule has 3 aromatic heterocycles. The quantitative estimate of drug-likeness (QED) is 0.480. The molecule has 3 heterocycles. The van der Waals surface area contributed by atoms with E-state index >= 15 is 0 Å². The molecule has 0 amide bonds. The van der Waals surface area contributed by atoms with Gasteiger partial charge in [0.15, 0.2) is 11.6 Å². The number of pyridine rings is 2. The summed E-state index contributed by atoms with van der Waals surface area (Å²) in [7, 11) is 0. The van der Waals surface area contributed by atoms with E-state index in [0.29, 0.717) is 22.7 Å². The maximum absolute atomic E-state index is 14.1. The maximum Gasteiger partial charge on any atom is 0.387 e. The molecule has 4 rings (SSSR count). The van der Waals surface area contributed by atoms with Crippen LogP contribution in [0, 0.1) is 18.6 Å². The Kier molecular flexibility index (Phi) is 4.69. The van der Waals surface area contributed by atoms with Crippen molar-refractivity contribution in [2.45, 2.75) is 13.5 Å².